The molecular weight excluding hydrogens is 216 g/mol. The molecule has 1 aromatic rings. The molecule has 1 aliphatic rings. The van der Waals surface area contributed by atoms with Gasteiger partial charge >= 0.3 is 0 Å². The van der Waals surface area contributed by atoms with Crippen LogP contribution in [0, 0.1) is 6.92 Å². The van der Waals surface area contributed by atoms with E-state index in [0.717, 1.165) is 31.3 Å². The van der Waals surface area contributed by atoms with Crippen LogP contribution in [0.3, 0.4) is 0 Å². The maximum atomic E-state index is 6.13. The molecule has 0 aromatic carbocycles. The molecule has 1 saturated heterocycles. The summed E-state index contributed by atoms with van der Waals surface area (Å²) >= 11 is 0. The molecule has 4 nitrogen and oxygen atoms in total. The van der Waals surface area contributed by atoms with Crippen LogP contribution in [-0.4, -0.2) is 36.7 Å². The topological polar surface area (TPSA) is 51.6 Å². The Labute approximate surface area is 103 Å². The van der Waals surface area contributed by atoms with Crippen molar-refractivity contribution in [2.24, 2.45) is 5.73 Å². The van der Waals surface area contributed by atoms with Crippen LogP contribution < -0.4 is 5.73 Å². The number of ether oxygens (including phenoxy) is 1. The van der Waals surface area contributed by atoms with Crippen molar-refractivity contribution in [1.82, 2.24) is 4.90 Å². The lowest BCUT2D eigenvalue weighted by atomic mass is 10.0. The van der Waals surface area contributed by atoms with Crippen LogP contribution in [0.4, 0.5) is 0 Å². The van der Waals surface area contributed by atoms with Crippen molar-refractivity contribution in [1.29, 1.82) is 0 Å². The summed E-state index contributed by atoms with van der Waals surface area (Å²) in [5.74, 6) is 1.90. The van der Waals surface area contributed by atoms with Gasteiger partial charge in [0.05, 0.1) is 19.3 Å². The second-order valence-corrected chi connectivity index (χ2v) is 4.91. The molecule has 0 saturated carbocycles. The zero-order valence-corrected chi connectivity index (χ0v) is 10.8. The van der Waals surface area contributed by atoms with Crippen LogP contribution in [-0.2, 0) is 4.74 Å². The Morgan fingerprint density at radius 2 is 2.24 bits per heavy atom. The fourth-order valence-electron chi connectivity index (χ4n) is 2.49. The summed E-state index contributed by atoms with van der Waals surface area (Å²) in [6, 6.07) is 4.59. The number of hydrogen-bond donors (Lipinski definition) is 1. The molecule has 4 heteroatoms. The Bertz CT molecular complexity index is 362. The van der Waals surface area contributed by atoms with E-state index in [1.54, 1.807) is 0 Å². The van der Waals surface area contributed by atoms with E-state index in [9.17, 15) is 0 Å². The molecule has 96 valence electrons. The molecular formula is C13H22N2O2. The average molecular weight is 238 g/mol. The standard InChI is InChI=1S/C13H22N2O2/c1-9-8-16-7-6-15(9)13(11(3)14)12-5-4-10(2)17-12/h4-5,9,11,13H,6-8,14H2,1-3H3. The largest absolute Gasteiger partial charge is 0.465 e. The highest BCUT2D eigenvalue weighted by atomic mass is 16.5. The second kappa shape index (κ2) is 5.21. The zero-order valence-electron chi connectivity index (χ0n) is 10.8. The predicted octanol–water partition coefficient (Wildman–Crippen LogP) is 1.70. The normalized spacial score (nSPS) is 25.8. The van der Waals surface area contributed by atoms with E-state index in [0.29, 0.717) is 6.04 Å². The van der Waals surface area contributed by atoms with E-state index in [2.05, 4.69) is 11.8 Å². The highest BCUT2D eigenvalue weighted by Crippen LogP contribution is 2.28. The van der Waals surface area contributed by atoms with Gasteiger partial charge in [0.2, 0.25) is 0 Å². The zero-order chi connectivity index (χ0) is 12.4. The molecule has 0 bridgehead atoms. The monoisotopic (exact) mass is 238 g/mol. The van der Waals surface area contributed by atoms with Gasteiger partial charge in [-0.3, -0.25) is 4.90 Å². The maximum absolute atomic E-state index is 6.13. The molecule has 2 heterocycles. The van der Waals surface area contributed by atoms with E-state index in [-0.39, 0.29) is 12.1 Å². The number of morpholine rings is 1. The average Bonchev–Trinajstić information content (AvgIpc) is 2.68. The molecule has 3 atom stereocenters. The molecule has 1 aromatic heterocycles. The first-order chi connectivity index (χ1) is 8.09. The van der Waals surface area contributed by atoms with E-state index < -0.39 is 0 Å². The van der Waals surface area contributed by atoms with Gasteiger partial charge in [-0.05, 0) is 32.9 Å². The first kappa shape index (κ1) is 12.6. The lowest BCUT2D eigenvalue weighted by Crippen LogP contribution is -2.50. The Morgan fingerprint density at radius 3 is 2.76 bits per heavy atom. The quantitative estimate of drug-likeness (QED) is 0.870. The SMILES string of the molecule is Cc1ccc(C(C(C)N)N2CCOCC2C)o1. The van der Waals surface area contributed by atoms with E-state index in [1.807, 2.05) is 26.0 Å². The van der Waals surface area contributed by atoms with Gasteiger partial charge in [-0.2, -0.15) is 0 Å². The van der Waals surface area contributed by atoms with Crippen molar-refractivity contribution >= 4 is 0 Å². The predicted molar refractivity (Wildman–Crippen MR) is 66.8 cm³/mol. The summed E-state index contributed by atoms with van der Waals surface area (Å²) in [4.78, 5) is 2.38. The third kappa shape index (κ3) is 2.70. The van der Waals surface area contributed by atoms with Crippen LogP contribution in [0.15, 0.2) is 16.5 Å². The van der Waals surface area contributed by atoms with E-state index in [4.69, 9.17) is 14.9 Å². The van der Waals surface area contributed by atoms with Gasteiger partial charge in [-0.1, -0.05) is 0 Å². The first-order valence-electron chi connectivity index (χ1n) is 6.25. The van der Waals surface area contributed by atoms with Crippen molar-refractivity contribution in [3.05, 3.63) is 23.7 Å². The molecule has 3 unspecified atom stereocenters. The van der Waals surface area contributed by atoms with Gasteiger partial charge in [0.1, 0.15) is 11.5 Å². The Morgan fingerprint density at radius 1 is 1.47 bits per heavy atom. The minimum absolute atomic E-state index is 0.0427. The number of nitrogens with zero attached hydrogens (tertiary/aromatic N) is 1. The Kier molecular flexibility index (Phi) is 3.86. The van der Waals surface area contributed by atoms with Crippen molar-refractivity contribution in [3.8, 4) is 0 Å². The summed E-state index contributed by atoms with van der Waals surface area (Å²) in [6.07, 6.45) is 0. The smallest absolute Gasteiger partial charge is 0.122 e. The van der Waals surface area contributed by atoms with E-state index >= 15 is 0 Å². The lowest BCUT2D eigenvalue weighted by Gasteiger charge is -2.40. The molecule has 2 rings (SSSR count). The molecule has 0 amide bonds. The molecule has 0 spiro atoms. The van der Waals surface area contributed by atoms with Crippen molar-refractivity contribution in [2.45, 2.75) is 38.9 Å². The minimum atomic E-state index is 0.0427. The van der Waals surface area contributed by atoms with Crippen LogP contribution >= 0.6 is 0 Å². The van der Waals surface area contributed by atoms with Crippen LogP contribution in [0.2, 0.25) is 0 Å². The first-order valence-corrected chi connectivity index (χ1v) is 6.25. The summed E-state index contributed by atoms with van der Waals surface area (Å²) in [7, 11) is 0. The number of nitrogens with two attached hydrogens (primary N) is 1. The molecule has 0 aliphatic carbocycles. The Balaban J connectivity index is 2.22. The van der Waals surface area contributed by atoms with Gasteiger partial charge in [-0.15, -0.1) is 0 Å². The van der Waals surface area contributed by atoms with Gasteiger partial charge < -0.3 is 14.9 Å². The van der Waals surface area contributed by atoms with Crippen molar-refractivity contribution in [3.63, 3.8) is 0 Å². The Hall–Kier alpha value is -0.840. The van der Waals surface area contributed by atoms with Gasteiger partial charge in [-0.25, -0.2) is 0 Å². The fourth-order valence-corrected chi connectivity index (χ4v) is 2.49. The molecule has 2 N–H and O–H groups in total. The third-order valence-electron chi connectivity index (χ3n) is 3.33. The number of furan rings is 1. The van der Waals surface area contributed by atoms with Crippen molar-refractivity contribution in [2.75, 3.05) is 19.8 Å². The summed E-state index contributed by atoms with van der Waals surface area (Å²) < 4.78 is 11.2. The molecule has 1 fully saturated rings. The molecule has 1 aliphatic heterocycles. The molecule has 0 radical (unpaired) electrons. The maximum Gasteiger partial charge on any atom is 0.122 e. The summed E-state index contributed by atoms with van der Waals surface area (Å²) in [5, 5.41) is 0. The number of rotatable bonds is 3. The van der Waals surface area contributed by atoms with Gasteiger partial charge in [0, 0.05) is 18.6 Å². The number of hydrogen-bond acceptors (Lipinski definition) is 4. The van der Waals surface area contributed by atoms with Gasteiger partial charge in [0.25, 0.3) is 0 Å². The summed E-state index contributed by atoms with van der Waals surface area (Å²) in [6.45, 7) is 8.61. The minimum Gasteiger partial charge on any atom is -0.465 e. The van der Waals surface area contributed by atoms with Crippen LogP contribution in [0.5, 0.6) is 0 Å². The fraction of sp³-hybridized carbons (Fsp3) is 0.692. The van der Waals surface area contributed by atoms with E-state index in [1.165, 1.54) is 0 Å². The highest BCUT2D eigenvalue weighted by molar-refractivity contribution is 5.12. The van der Waals surface area contributed by atoms with Crippen LogP contribution in [0.1, 0.15) is 31.4 Å². The number of aryl methyl sites for hydroxylation is 1. The molecule has 17 heavy (non-hydrogen) atoms. The second-order valence-electron chi connectivity index (χ2n) is 4.91. The third-order valence-corrected chi connectivity index (χ3v) is 3.33. The summed E-state index contributed by atoms with van der Waals surface area (Å²) in [5.41, 5.74) is 6.13. The highest BCUT2D eigenvalue weighted by Gasteiger charge is 2.32. The lowest BCUT2D eigenvalue weighted by molar-refractivity contribution is -0.0313. The van der Waals surface area contributed by atoms with Crippen molar-refractivity contribution < 1.29 is 9.15 Å². The van der Waals surface area contributed by atoms with Gasteiger partial charge in [0.15, 0.2) is 0 Å². The van der Waals surface area contributed by atoms with Crippen LogP contribution in [0.25, 0.3) is 0 Å².